The molecule has 0 fully saturated rings. The fraction of sp³-hybridized carbons (Fsp3) is 0.417. The molecule has 2 aromatic heterocycles. The summed E-state index contributed by atoms with van der Waals surface area (Å²) in [6.45, 7) is 0.970. The molecule has 0 unspecified atom stereocenters. The number of hydrogen-bond donors (Lipinski definition) is 1. The standard InChI is InChI=1S/C12H14ClN5S/c13-9-6-8(14)7-15-11(9)19-12-17-16-10-4-2-1-3-5-18(10)12/h6-7H,1-5,14H2. The number of nitrogens with two attached hydrogens (primary N) is 1. The number of pyridine rings is 1. The zero-order valence-electron chi connectivity index (χ0n) is 10.3. The zero-order valence-corrected chi connectivity index (χ0v) is 11.9. The van der Waals surface area contributed by atoms with E-state index in [-0.39, 0.29) is 0 Å². The summed E-state index contributed by atoms with van der Waals surface area (Å²) >= 11 is 7.59. The molecule has 0 bridgehead atoms. The SMILES string of the molecule is Nc1cnc(Sc2nnc3n2CCCCC3)c(Cl)c1. The Morgan fingerprint density at radius 1 is 1.26 bits per heavy atom. The van der Waals surface area contributed by atoms with Gasteiger partial charge in [-0.15, -0.1) is 10.2 Å². The van der Waals surface area contributed by atoms with Crippen LogP contribution >= 0.6 is 23.4 Å². The summed E-state index contributed by atoms with van der Waals surface area (Å²) in [7, 11) is 0. The Hall–Kier alpha value is -1.27. The Morgan fingerprint density at radius 2 is 2.16 bits per heavy atom. The maximum atomic E-state index is 6.14. The molecule has 1 aliphatic heterocycles. The Kier molecular flexibility index (Phi) is 3.61. The number of anilines is 1. The van der Waals surface area contributed by atoms with Gasteiger partial charge in [-0.1, -0.05) is 18.0 Å². The van der Waals surface area contributed by atoms with Crippen LogP contribution in [-0.4, -0.2) is 19.7 Å². The first kappa shape index (κ1) is 12.7. The lowest BCUT2D eigenvalue weighted by molar-refractivity contribution is 0.590. The molecule has 0 saturated carbocycles. The normalized spacial score (nSPS) is 15.0. The Balaban J connectivity index is 1.89. The number of hydrogen-bond acceptors (Lipinski definition) is 5. The van der Waals surface area contributed by atoms with Gasteiger partial charge in [0.05, 0.1) is 16.9 Å². The molecule has 0 aliphatic carbocycles. The van der Waals surface area contributed by atoms with Crippen molar-refractivity contribution in [3.05, 3.63) is 23.1 Å². The van der Waals surface area contributed by atoms with Crippen LogP contribution in [0.25, 0.3) is 0 Å². The van der Waals surface area contributed by atoms with Gasteiger partial charge in [0.2, 0.25) is 0 Å². The predicted molar refractivity (Wildman–Crippen MR) is 75.4 cm³/mol. The molecule has 5 nitrogen and oxygen atoms in total. The second-order valence-electron chi connectivity index (χ2n) is 4.52. The lowest BCUT2D eigenvalue weighted by Crippen LogP contribution is -2.02. The molecule has 0 radical (unpaired) electrons. The lowest BCUT2D eigenvalue weighted by atomic mass is 10.2. The molecule has 0 amide bonds. The van der Waals surface area contributed by atoms with E-state index in [2.05, 4.69) is 19.7 Å². The van der Waals surface area contributed by atoms with Gasteiger partial charge in [-0.25, -0.2) is 4.98 Å². The number of aryl methyl sites for hydroxylation is 1. The van der Waals surface area contributed by atoms with Crippen LogP contribution in [-0.2, 0) is 13.0 Å². The summed E-state index contributed by atoms with van der Waals surface area (Å²) in [5, 5.41) is 10.6. The first-order chi connectivity index (χ1) is 9.24. The van der Waals surface area contributed by atoms with Crippen molar-refractivity contribution in [1.82, 2.24) is 19.7 Å². The number of halogens is 1. The predicted octanol–water partition coefficient (Wildman–Crippen LogP) is 2.79. The lowest BCUT2D eigenvalue weighted by Gasteiger charge is -2.07. The third kappa shape index (κ3) is 2.69. The van der Waals surface area contributed by atoms with E-state index in [0.717, 1.165) is 29.0 Å². The third-order valence-corrected chi connectivity index (χ3v) is 4.50. The van der Waals surface area contributed by atoms with E-state index in [0.29, 0.717) is 10.7 Å². The summed E-state index contributed by atoms with van der Waals surface area (Å²) in [5.41, 5.74) is 6.21. The summed E-state index contributed by atoms with van der Waals surface area (Å²) in [4.78, 5) is 4.25. The summed E-state index contributed by atoms with van der Waals surface area (Å²) < 4.78 is 2.17. The maximum Gasteiger partial charge on any atom is 0.197 e. The van der Waals surface area contributed by atoms with Gasteiger partial charge in [0.1, 0.15) is 10.9 Å². The fourth-order valence-corrected chi connectivity index (χ4v) is 3.25. The van der Waals surface area contributed by atoms with Crippen LogP contribution in [0.5, 0.6) is 0 Å². The highest BCUT2D eigenvalue weighted by Crippen LogP contribution is 2.32. The molecule has 0 aromatic carbocycles. The smallest absolute Gasteiger partial charge is 0.197 e. The Labute approximate surface area is 120 Å². The highest BCUT2D eigenvalue weighted by Gasteiger charge is 2.17. The average Bonchev–Trinajstić information content (AvgIpc) is 2.61. The Bertz CT molecular complexity index is 598. The van der Waals surface area contributed by atoms with E-state index < -0.39 is 0 Å². The van der Waals surface area contributed by atoms with Gasteiger partial charge in [-0.3, -0.25) is 0 Å². The van der Waals surface area contributed by atoms with Crippen LogP contribution in [0.3, 0.4) is 0 Å². The van der Waals surface area contributed by atoms with Crippen molar-refractivity contribution in [2.75, 3.05) is 5.73 Å². The topological polar surface area (TPSA) is 69.6 Å². The minimum Gasteiger partial charge on any atom is -0.397 e. The van der Waals surface area contributed by atoms with Gasteiger partial charge in [0, 0.05) is 13.0 Å². The molecule has 1 aliphatic rings. The summed E-state index contributed by atoms with van der Waals surface area (Å²) in [5.74, 6) is 1.06. The van der Waals surface area contributed by atoms with E-state index in [1.807, 2.05) is 0 Å². The largest absolute Gasteiger partial charge is 0.397 e. The molecule has 7 heteroatoms. The quantitative estimate of drug-likeness (QED) is 0.922. The summed E-state index contributed by atoms with van der Waals surface area (Å²) in [6, 6.07) is 1.70. The molecule has 0 atom stereocenters. The molecule has 2 N–H and O–H groups in total. The Morgan fingerprint density at radius 3 is 3.00 bits per heavy atom. The first-order valence-corrected chi connectivity index (χ1v) is 7.44. The van der Waals surface area contributed by atoms with E-state index in [1.165, 1.54) is 31.0 Å². The fourth-order valence-electron chi connectivity index (χ4n) is 2.14. The highest BCUT2D eigenvalue weighted by atomic mass is 35.5. The van der Waals surface area contributed by atoms with Gasteiger partial charge >= 0.3 is 0 Å². The van der Waals surface area contributed by atoms with Crippen molar-refractivity contribution in [3.8, 4) is 0 Å². The molecule has 0 spiro atoms. The van der Waals surface area contributed by atoms with Gasteiger partial charge in [-0.2, -0.15) is 0 Å². The zero-order chi connectivity index (χ0) is 13.2. The summed E-state index contributed by atoms with van der Waals surface area (Å²) in [6.07, 6.45) is 6.20. The number of fused-ring (bicyclic) bond motifs is 1. The number of nitrogen functional groups attached to an aromatic ring is 1. The molecule has 2 aromatic rings. The van der Waals surface area contributed by atoms with Crippen LogP contribution in [0, 0.1) is 0 Å². The van der Waals surface area contributed by atoms with Crippen LogP contribution in [0.4, 0.5) is 5.69 Å². The van der Waals surface area contributed by atoms with Crippen LogP contribution < -0.4 is 5.73 Å². The molecule has 19 heavy (non-hydrogen) atoms. The minimum atomic E-state index is 0.552. The van der Waals surface area contributed by atoms with Gasteiger partial charge in [-0.05, 0) is 30.7 Å². The van der Waals surface area contributed by atoms with Crippen LogP contribution in [0.2, 0.25) is 5.02 Å². The van der Waals surface area contributed by atoms with Gasteiger partial charge in [0.25, 0.3) is 0 Å². The number of rotatable bonds is 2. The van der Waals surface area contributed by atoms with Crippen molar-refractivity contribution in [3.63, 3.8) is 0 Å². The third-order valence-electron chi connectivity index (χ3n) is 3.09. The number of aromatic nitrogens is 4. The molecule has 3 rings (SSSR count). The molecular weight excluding hydrogens is 282 g/mol. The van der Waals surface area contributed by atoms with Crippen LogP contribution in [0.1, 0.15) is 25.1 Å². The van der Waals surface area contributed by atoms with Crippen molar-refractivity contribution in [2.24, 2.45) is 0 Å². The van der Waals surface area contributed by atoms with E-state index in [1.54, 1.807) is 12.3 Å². The monoisotopic (exact) mass is 295 g/mol. The van der Waals surface area contributed by atoms with E-state index in [4.69, 9.17) is 17.3 Å². The average molecular weight is 296 g/mol. The maximum absolute atomic E-state index is 6.14. The number of nitrogens with zero attached hydrogens (tertiary/aromatic N) is 4. The van der Waals surface area contributed by atoms with E-state index >= 15 is 0 Å². The van der Waals surface area contributed by atoms with Crippen molar-refractivity contribution in [2.45, 2.75) is 42.4 Å². The van der Waals surface area contributed by atoms with Crippen molar-refractivity contribution < 1.29 is 0 Å². The minimum absolute atomic E-state index is 0.552. The van der Waals surface area contributed by atoms with Gasteiger partial charge < -0.3 is 10.3 Å². The molecule has 0 saturated heterocycles. The molecule has 100 valence electrons. The van der Waals surface area contributed by atoms with Gasteiger partial charge in [0.15, 0.2) is 5.16 Å². The van der Waals surface area contributed by atoms with Crippen molar-refractivity contribution >= 4 is 29.1 Å². The highest BCUT2D eigenvalue weighted by molar-refractivity contribution is 7.99. The second kappa shape index (κ2) is 5.38. The van der Waals surface area contributed by atoms with Crippen molar-refractivity contribution in [1.29, 1.82) is 0 Å². The molecular formula is C12H14ClN5S. The van der Waals surface area contributed by atoms with Crippen LogP contribution in [0.15, 0.2) is 22.4 Å². The second-order valence-corrected chi connectivity index (χ2v) is 5.88. The molecule has 3 heterocycles. The first-order valence-electron chi connectivity index (χ1n) is 6.25. The van der Waals surface area contributed by atoms with E-state index in [9.17, 15) is 0 Å².